The summed E-state index contributed by atoms with van der Waals surface area (Å²) in [7, 11) is 0. The van der Waals surface area contributed by atoms with Crippen LogP contribution in [-0.4, -0.2) is 34.9 Å². The normalized spacial score (nSPS) is 11.4. The predicted octanol–water partition coefficient (Wildman–Crippen LogP) is 1.56. The zero-order valence-corrected chi connectivity index (χ0v) is 10.4. The Morgan fingerprint density at radius 1 is 1.47 bits per heavy atom. The van der Waals surface area contributed by atoms with Gasteiger partial charge in [-0.25, -0.2) is 8.78 Å². The molecule has 5 nitrogen and oxygen atoms in total. The third-order valence-corrected chi connectivity index (χ3v) is 2.60. The minimum Gasteiger partial charge on any atom is -0.409 e. The Hall–Kier alpha value is -2.18. The van der Waals surface area contributed by atoms with Gasteiger partial charge in [0.15, 0.2) is 0 Å². The van der Waals surface area contributed by atoms with Crippen LogP contribution >= 0.6 is 0 Å². The summed E-state index contributed by atoms with van der Waals surface area (Å²) in [6, 6.07) is 2.78. The molecule has 1 rings (SSSR count). The van der Waals surface area contributed by atoms with Crippen molar-refractivity contribution in [2.75, 3.05) is 13.1 Å². The molecular weight excluding hydrogens is 256 g/mol. The molecule has 0 atom stereocenters. The van der Waals surface area contributed by atoms with E-state index >= 15 is 0 Å². The van der Waals surface area contributed by atoms with Crippen molar-refractivity contribution in [2.24, 2.45) is 10.9 Å². The van der Waals surface area contributed by atoms with Crippen LogP contribution < -0.4 is 5.73 Å². The van der Waals surface area contributed by atoms with Gasteiger partial charge in [0.2, 0.25) is 0 Å². The van der Waals surface area contributed by atoms with Gasteiger partial charge in [0, 0.05) is 25.6 Å². The first-order valence-electron chi connectivity index (χ1n) is 5.70. The number of halogens is 2. The van der Waals surface area contributed by atoms with Gasteiger partial charge in [-0.15, -0.1) is 0 Å². The smallest absolute Gasteiger partial charge is 0.256 e. The van der Waals surface area contributed by atoms with Gasteiger partial charge in [-0.05, 0) is 19.1 Å². The molecule has 0 aliphatic heterocycles. The third-order valence-electron chi connectivity index (χ3n) is 2.60. The molecule has 0 aliphatic rings. The first-order chi connectivity index (χ1) is 8.99. The number of amides is 1. The minimum atomic E-state index is -0.910. The highest BCUT2D eigenvalue weighted by atomic mass is 19.1. The van der Waals surface area contributed by atoms with Crippen molar-refractivity contribution in [2.45, 2.75) is 13.3 Å². The Labute approximate surface area is 109 Å². The van der Waals surface area contributed by atoms with Gasteiger partial charge in [0.05, 0.1) is 5.56 Å². The highest BCUT2D eigenvalue weighted by Crippen LogP contribution is 2.12. The van der Waals surface area contributed by atoms with Gasteiger partial charge in [-0.3, -0.25) is 4.79 Å². The number of carbonyl (C=O) groups is 1. The van der Waals surface area contributed by atoms with Crippen LogP contribution in [0.3, 0.4) is 0 Å². The molecule has 7 heteroatoms. The molecule has 1 amide bonds. The van der Waals surface area contributed by atoms with Gasteiger partial charge in [0.25, 0.3) is 5.91 Å². The quantitative estimate of drug-likeness (QED) is 0.369. The van der Waals surface area contributed by atoms with Crippen molar-refractivity contribution in [3.05, 3.63) is 35.4 Å². The summed E-state index contributed by atoms with van der Waals surface area (Å²) in [5.41, 5.74) is 5.10. The molecule has 3 N–H and O–H groups in total. The second-order valence-electron chi connectivity index (χ2n) is 3.85. The SMILES string of the molecule is CCN(CCC(N)=NO)C(=O)c1ccc(F)cc1F. The van der Waals surface area contributed by atoms with E-state index in [0.29, 0.717) is 12.6 Å². The molecule has 0 radical (unpaired) electrons. The second-order valence-corrected chi connectivity index (χ2v) is 3.85. The van der Waals surface area contributed by atoms with E-state index in [2.05, 4.69) is 5.16 Å². The van der Waals surface area contributed by atoms with Crippen LogP contribution in [0, 0.1) is 11.6 Å². The van der Waals surface area contributed by atoms with Gasteiger partial charge in [-0.1, -0.05) is 5.16 Å². The number of carbonyl (C=O) groups excluding carboxylic acids is 1. The molecule has 0 saturated carbocycles. The van der Waals surface area contributed by atoms with Crippen molar-refractivity contribution in [1.82, 2.24) is 4.90 Å². The van der Waals surface area contributed by atoms with Crippen LogP contribution in [0.1, 0.15) is 23.7 Å². The summed E-state index contributed by atoms with van der Waals surface area (Å²) in [5.74, 6) is -2.24. The molecular formula is C12H15F2N3O2. The van der Waals surface area contributed by atoms with Crippen LogP contribution in [0.2, 0.25) is 0 Å². The van der Waals surface area contributed by atoms with Gasteiger partial charge >= 0.3 is 0 Å². The van der Waals surface area contributed by atoms with E-state index in [1.54, 1.807) is 6.92 Å². The molecule has 0 fully saturated rings. The summed E-state index contributed by atoms with van der Waals surface area (Å²) >= 11 is 0. The summed E-state index contributed by atoms with van der Waals surface area (Å²) in [4.78, 5) is 13.4. The highest BCUT2D eigenvalue weighted by Gasteiger charge is 2.18. The average molecular weight is 271 g/mol. The Kier molecular flexibility index (Phi) is 5.23. The molecule has 0 aliphatic carbocycles. The van der Waals surface area contributed by atoms with E-state index in [9.17, 15) is 13.6 Å². The fourth-order valence-electron chi connectivity index (χ4n) is 1.54. The molecule has 0 aromatic heterocycles. The van der Waals surface area contributed by atoms with E-state index in [1.165, 1.54) is 4.90 Å². The lowest BCUT2D eigenvalue weighted by molar-refractivity contribution is 0.0763. The molecule has 0 heterocycles. The Balaban J connectivity index is 2.83. The first-order valence-corrected chi connectivity index (χ1v) is 5.70. The van der Waals surface area contributed by atoms with E-state index in [4.69, 9.17) is 10.9 Å². The number of nitrogens with zero attached hydrogens (tertiary/aromatic N) is 2. The minimum absolute atomic E-state index is 0.0224. The number of rotatable bonds is 5. The lowest BCUT2D eigenvalue weighted by atomic mass is 10.1. The molecule has 1 aromatic rings. The van der Waals surface area contributed by atoms with Crippen molar-refractivity contribution in [3.8, 4) is 0 Å². The number of hydrogen-bond donors (Lipinski definition) is 2. The molecule has 0 unspecified atom stereocenters. The standard InChI is InChI=1S/C12H15F2N3O2/c1-2-17(6-5-11(15)16-19)12(18)9-4-3-8(13)7-10(9)14/h3-4,7,19H,2,5-6H2,1H3,(H2,15,16). The fourth-order valence-corrected chi connectivity index (χ4v) is 1.54. The zero-order chi connectivity index (χ0) is 14.4. The summed E-state index contributed by atoms with van der Waals surface area (Å²) in [6.07, 6.45) is 0.166. The molecule has 104 valence electrons. The average Bonchev–Trinajstić information content (AvgIpc) is 2.38. The van der Waals surface area contributed by atoms with Crippen molar-refractivity contribution in [1.29, 1.82) is 0 Å². The molecule has 1 aromatic carbocycles. The Morgan fingerprint density at radius 2 is 2.16 bits per heavy atom. The number of hydrogen-bond acceptors (Lipinski definition) is 3. The monoisotopic (exact) mass is 271 g/mol. The summed E-state index contributed by atoms with van der Waals surface area (Å²) in [5, 5.41) is 11.2. The molecule has 19 heavy (non-hydrogen) atoms. The molecule has 0 bridgehead atoms. The molecule has 0 spiro atoms. The van der Waals surface area contributed by atoms with Gasteiger partial charge in [0.1, 0.15) is 17.5 Å². The Morgan fingerprint density at radius 3 is 2.68 bits per heavy atom. The zero-order valence-electron chi connectivity index (χ0n) is 10.4. The molecule has 0 saturated heterocycles. The van der Waals surface area contributed by atoms with Crippen molar-refractivity contribution < 1.29 is 18.8 Å². The number of nitrogens with two attached hydrogens (primary N) is 1. The highest BCUT2D eigenvalue weighted by molar-refractivity contribution is 5.94. The van der Waals surface area contributed by atoms with Crippen LogP contribution in [0.5, 0.6) is 0 Å². The third kappa shape index (κ3) is 3.90. The van der Waals surface area contributed by atoms with E-state index in [0.717, 1.165) is 12.1 Å². The van der Waals surface area contributed by atoms with Crippen LogP contribution in [-0.2, 0) is 0 Å². The first kappa shape index (κ1) is 14.9. The lowest BCUT2D eigenvalue weighted by Crippen LogP contribution is -2.34. The van der Waals surface area contributed by atoms with Crippen molar-refractivity contribution >= 4 is 11.7 Å². The number of oxime groups is 1. The Bertz CT molecular complexity index is 492. The fraction of sp³-hybridized carbons (Fsp3) is 0.333. The lowest BCUT2D eigenvalue weighted by Gasteiger charge is -2.20. The van der Waals surface area contributed by atoms with Crippen LogP contribution in [0.4, 0.5) is 8.78 Å². The largest absolute Gasteiger partial charge is 0.409 e. The maximum Gasteiger partial charge on any atom is 0.256 e. The van der Waals surface area contributed by atoms with Crippen molar-refractivity contribution in [3.63, 3.8) is 0 Å². The topological polar surface area (TPSA) is 78.9 Å². The van der Waals surface area contributed by atoms with E-state index in [1.807, 2.05) is 0 Å². The number of amidine groups is 1. The maximum atomic E-state index is 13.5. The van der Waals surface area contributed by atoms with E-state index in [-0.39, 0.29) is 24.4 Å². The second kappa shape index (κ2) is 6.67. The summed E-state index contributed by atoms with van der Waals surface area (Å²) < 4.78 is 26.3. The predicted molar refractivity (Wildman–Crippen MR) is 66.0 cm³/mol. The van der Waals surface area contributed by atoms with Gasteiger partial charge in [-0.2, -0.15) is 0 Å². The number of benzene rings is 1. The van der Waals surface area contributed by atoms with Gasteiger partial charge < -0.3 is 15.8 Å². The summed E-state index contributed by atoms with van der Waals surface area (Å²) in [6.45, 7) is 2.22. The van der Waals surface area contributed by atoms with Crippen LogP contribution in [0.15, 0.2) is 23.4 Å². The van der Waals surface area contributed by atoms with E-state index < -0.39 is 17.5 Å². The maximum absolute atomic E-state index is 13.5. The van der Waals surface area contributed by atoms with Crippen LogP contribution in [0.25, 0.3) is 0 Å².